The summed E-state index contributed by atoms with van der Waals surface area (Å²) < 4.78 is 11.3. The molecule has 0 radical (unpaired) electrons. The van der Waals surface area contributed by atoms with Crippen LogP contribution in [0.15, 0.2) is 24.3 Å². The molecule has 3 heteroatoms. The number of benzene rings is 1. The molecule has 1 unspecified atom stereocenters. The first-order valence-electron chi connectivity index (χ1n) is 6.72. The van der Waals surface area contributed by atoms with E-state index in [1.54, 1.807) is 0 Å². The van der Waals surface area contributed by atoms with Gasteiger partial charge in [0, 0.05) is 25.3 Å². The molecule has 1 saturated heterocycles. The van der Waals surface area contributed by atoms with Crippen LogP contribution in [0.3, 0.4) is 0 Å². The van der Waals surface area contributed by atoms with Crippen molar-refractivity contribution in [2.75, 3.05) is 19.8 Å². The van der Waals surface area contributed by atoms with Crippen LogP contribution in [0, 0.1) is 12.3 Å². The van der Waals surface area contributed by atoms with Gasteiger partial charge in [-0.1, -0.05) is 24.1 Å². The second-order valence-corrected chi connectivity index (χ2v) is 5.11. The van der Waals surface area contributed by atoms with Gasteiger partial charge in [-0.3, -0.25) is 0 Å². The van der Waals surface area contributed by atoms with E-state index < -0.39 is 0 Å². The standard InChI is InChI=1S/C16H21NO2/c1-3-10-18-15-8-5-4-7-14(15)12-17-13-16(2)9-6-11-19-16/h1,4-5,7-8,17H,6,9-13H2,2H3. The van der Waals surface area contributed by atoms with E-state index in [2.05, 4.69) is 24.2 Å². The summed E-state index contributed by atoms with van der Waals surface area (Å²) in [5.74, 6) is 3.34. The Morgan fingerprint density at radius 3 is 3.05 bits per heavy atom. The molecule has 1 aliphatic rings. The van der Waals surface area contributed by atoms with E-state index in [0.717, 1.165) is 43.9 Å². The van der Waals surface area contributed by atoms with Crippen molar-refractivity contribution in [3.63, 3.8) is 0 Å². The van der Waals surface area contributed by atoms with Crippen molar-refractivity contribution < 1.29 is 9.47 Å². The summed E-state index contributed by atoms with van der Waals surface area (Å²) in [5.41, 5.74) is 1.11. The monoisotopic (exact) mass is 259 g/mol. The highest BCUT2D eigenvalue weighted by Gasteiger charge is 2.28. The summed E-state index contributed by atoms with van der Waals surface area (Å²) in [6.07, 6.45) is 7.49. The van der Waals surface area contributed by atoms with Gasteiger partial charge in [0.2, 0.25) is 0 Å². The van der Waals surface area contributed by atoms with Gasteiger partial charge in [0.1, 0.15) is 12.4 Å². The smallest absolute Gasteiger partial charge is 0.148 e. The second-order valence-electron chi connectivity index (χ2n) is 5.11. The topological polar surface area (TPSA) is 30.5 Å². The Morgan fingerprint density at radius 1 is 1.47 bits per heavy atom. The lowest BCUT2D eigenvalue weighted by atomic mass is 10.0. The molecule has 0 amide bonds. The van der Waals surface area contributed by atoms with Crippen molar-refractivity contribution in [1.82, 2.24) is 5.32 Å². The van der Waals surface area contributed by atoms with Gasteiger partial charge in [-0.05, 0) is 25.8 Å². The van der Waals surface area contributed by atoms with Crippen LogP contribution in [0.5, 0.6) is 5.75 Å². The molecule has 1 aromatic rings. The maximum Gasteiger partial charge on any atom is 0.148 e. The molecule has 0 spiro atoms. The van der Waals surface area contributed by atoms with Crippen LogP contribution >= 0.6 is 0 Å². The number of hydrogen-bond donors (Lipinski definition) is 1. The highest BCUT2D eigenvalue weighted by molar-refractivity contribution is 5.33. The van der Waals surface area contributed by atoms with Gasteiger partial charge in [0.15, 0.2) is 0 Å². The van der Waals surface area contributed by atoms with Crippen molar-refractivity contribution >= 4 is 0 Å². The summed E-state index contributed by atoms with van der Waals surface area (Å²) in [6, 6.07) is 7.96. The van der Waals surface area contributed by atoms with E-state index in [-0.39, 0.29) is 5.60 Å². The van der Waals surface area contributed by atoms with Gasteiger partial charge in [0.05, 0.1) is 5.60 Å². The molecule has 0 saturated carbocycles. The first kappa shape index (κ1) is 13.9. The Hall–Kier alpha value is -1.50. The van der Waals surface area contributed by atoms with Crippen molar-refractivity contribution in [2.24, 2.45) is 0 Å². The van der Waals surface area contributed by atoms with E-state index >= 15 is 0 Å². The van der Waals surface area contributed by atoms with E-state index in [4.69, 9.17) is 15.9 Å². The lowest BCUT2D eigenvalue weighted by Gasteiger charge is -2.23. The lowest BCUT2D eigenvalue weighted by Crippen LogP contribution is -2.36. The fourth-order valence-electron chi connectivity index (χ4n) is 2.35. The summed E-state index contributed by atoms with van der Waals surface area (Å²) >= 11 is 0. The highest BCUT2D eigenvalue weighted by Crippen LogP contribution is 2.24. The number of nitrogens with one attached hydrogen (secondary N) is 1. The van der Waals surface area contributed by atoms with Gasteiger partial charge >= 0.3 is 0 Å². The maximum atomic E-state index is 5.75. The zero-order valence-corrected chi connectivity index (χ0v) is 11.4. The minimum atomic E-state index is -0.0192. The number of para-hydroxylation sites is 1. The van der Waals surface area contributed by atoms with E-state index in [0.29, 0.717) is 6.61 Å². The van der Waals surface area contributed by atoms with E-state index in [9.17, 15) is 0 Å². The molecule has 0 bridgehead atoms. The summed E-state index contributed by atoms with van der Waals surface area (Å²) in [7, 11) is 0. The molecule has 1 fully saturated rings. The largest absolute Gasteiger partial charge is 0.481 e. The quantitative estimate of drug-likeness (QED) is 0.796. The molecular formula is C16H21NO2. The Balaban J connectivity index is 1.87. The third kappa shape index (κ3) is 3.99. The molecule has 1 aliphatic heterocycles. The normalized spacial score (nSPS) is 22.1. The molecule has 1 heterocycles. The van der Waals surface area contributed by atoms with Crippen LogP contribution in [-0.2, 0) is 11.3 Å². The second kappa shape index (κ2) is 6.60. The van der Waals surface area contributed by atoms with Crippen LogP contribution in [0.1, 0.15) is 25.3 Å². The average Bonchev–Trinajstić information content (AvgIpc) is 2.85. The van der Waals surface area contributed by atoms with Crippen molar-refractivity contribution in [2.45, 2.75) is 31.9 Å². The Bertz CT molecular complexity index is 444. The Morgan fingerprint density at radius 2 is 2.32 bits per heavy atom. The number of terminal acetylenes is 1. The predicted octanol–water partition coefficient (Wildman–Crippen LogP) is 2.36. The molecular weight excluding hydrogens is 238 g/mol. The molecule has 0 aliphatic carbocycles. The number of ether oxygens (including phenoxy) is 2. The fraction of sp³-hybridized carbons (Fsp3) is 0.500. The van der Waals surface area contributed by atoms with Crippen LogP contribution in [0.25, 0.3) is 0 Å². The summed E-state index contributed by atoms with van der Waals surface area (Å²) in [4.78, 5) is 0. The number of hydrogen-bond acceptors (Lipinski definition) is 3. The first-order chi connectivity index (χ1) is 9.23. The number of rotatable bonds is 6. The minimum absolute atomic E-state index is 0.0192. The van der Waals surface area contributed by atoms with Crippen LogP contribution < -0.4 is 10.1 Å². The molecule has 102 valence electrons. The molecule has 19 heavy (non-hydrogen) atoms. The highest BCUT2D eigenvalue weighted by atomic mass is 16.5. The van der Waals surface area contributed by atoms with Crippen LogP contribution in [0.2, 0.25) is 0 Å². The lowest BCUT2D eigenvalue weighted by molar-refractivity contribution is 0.0206. The van der Waals surface area contributed by atoms with Gasteiger partial charge in [-0.15, -0.1) is 6.42 Å². The van der Waals surface area contributed by atoms with Crippen LogP contribution in [0.4, 0.5) is 0 Å². The third-order valence-corrected chi connectivity index (χ3v) is 3.40. The Kier molecular flexibility index (Phi) is 4.84. The summed E-state index contributed by atoms with van der Waals surface area (Å²) in [5, 5.41) is 3.44. The molecule has 1 N–H and O–H groups in total. The zero-order chi connectivity index (χ0) is 13.6. The summed E-state index contributed by atoms with van der Waals surface area (Å²) in [6.45, 7) is 4.96. The molecule has 1 aromatic carbocycles. The third-order valence-electron chi connectivity index (χ3n) is 3.40. The van der Waals surface area contributed by atoms with Gasteiger partial charge in [-0.2, -0.15) is 0 Å². The van der Waals surface area contributed by atoms with Gasteiger partial charge in [-0.25, -0.2) is 0 Å². The molecule has 3 nitrogen and oxygen atoms in total. The molecule has 1 atom stereocenters. The van der Waals surface area contributed by atoms with Gasteiger partial charge < -0.3 is 14.8 Å². The maximum absolute atomic E-state index is 5.75. The average molecular weight is 259 g/mol. The zero-order valence-electron chi connectivity index (χ0n) is 11.4. The van der Waals surface area contributed by atoms with E-state index in [1.165, 1.54) is 0 Å². The first-order valence-corrected chi connectivity index (χ1v) is 6.72. The van der Waals surface area contributed by atoms with Crippen molar-refractivity contribution in [3.05, 3.63) is 29.8 Å². The predicted molar refractivity (Wildman–Crippen MR) is 76.1 cm³/mol. The molecule has 0 aromatic heterocycles. The fourth-order valence-corrected chi connectivity index (χ4v) is 2.35. The van der Waals surface area contributed by atoms with Crippen molar-refractivity contribution in [1.29, 1.82) is 0 Å². The minimum Gasteiger partial charge on any atom is -0.481 e. The van der Waals surface area contributed by atoms with Gasteiger partial charge in [0.25, 0.3) is 0 Å². The Labute approximate surface area is 115 Å². The van der Waals surface area contributed by atoms with E-state index in [1.807, 2.05) is 18.2 Å². The molecule has 2 rings (SSSR count). The van der Waals surface area contributed by atoms with Crippen LogP contribution in [-0.4, -0.2) is 25.4 Å². The SMILES string of the molecule is C#CCOc1ccccc1CNCC1(C)CCCO1. The van der Waals surface area contributed by atoms with Crippen molar-refractivity contribution in [3.8, 4) is 18.1 Å².